The Balaban J connectivity index is 1.53. The third kappa shape index (κ3) is 3.09. The van der Waals surface area contributed by atoms with E-state index in [1.807, 2.05) is 35.2 Å². The summed E-state index contributed by atoms with van der Waals surface area (Å²) in [5.74, 6) is 0.0534. The molecule has 6 heteroatoms. The van der Waals surface area contributed by atoms with Crippen molar-refractivity contribution < 1.29 is 9.59 Å². The molecule has 0 aliphatic carbocycles. The highest BCUT2D eigenvalue weighted by atomic mass is 16.2. The monoisotopic (exact) mass is 354 g/mol. The molecule has 3 aliphatic rings. The van der Waals surface area contributed by atoms with Gasteiger partial charge in [-0.25, -0.2) is 4.79 Å². The maximum atomic E-state index is 13.1. The van der Waals surface area contributed by atoms with E-state index in [2.05, 4.69) is 10.2 Å². The molecule has 1 atom stereocenters. The summed E-state index contributed by atoms with van der Waals surface area (Å²) >= 11 is 0. The van der Waals surface area contributed by atoms with Crippen LogP contribution in [0, 0.1) is 0 Å². The number of carbonyl (C=O) groups is 2. The van der Waals surface area contributed by atoms with Crippen molar-refractivity contribution in [2.24, 2.45) is 0 Å². The SMILES string of the molecule is CN1C(=O)N[C@H](c2ccccc2)C2=C1CN(CCN1CCCCC1)C2=O. The van der Waals surface area contributed by atoms with E-state index in [4.69, 9.17) is 0 Å². The zero-order valence-corrected chi connectivity index (χ0v) is 15.3. The summed E-state index contributed by atoms with van der Waals surface area (Å²) in [7, 11) is 1.74. The van der Waals surface area contributed by atoms with Crippen LogP contribution >= 0.6 is 0 Å². The molecular formula is C20H26N4O2. The Morgan fingerprint density at radius 1 is 1.04 bits per heavy atom. The maximum Gasteiger partial charge on any atom is 0.322 e. The molecule has 0 spiro atoms. The number of hydrogen-bond acceptors (Lipinski definition) is 3. The Bertz CT molecular complexity index is 725. The fourth-order valence-corrected chi connectivity index (χ4v) is 4.14. The summed E-state index contributed by atoms with van der Waals surface area (Å²) in [6, 6.07) is 9.23. The molecule has 6 nitrogen and oxygen atoms in total. The van der Waals surface area contributed by atoms with Gasteiger partial charge in [0.05, 0.1) is 23.9 Å². The first-order valence-electron chi connectivity index (χ1n) is 9.49. The van der Waals surface area contributed by atoms with Crippen LogP contribution in [-0.2, 0) is 4.79 Å². The third-order valence-corrected chi connectivity index (χ3v) is 5.70. The zero-order chi connectivity index (χ0) is 18.1. The first-order chi connectivity index (χ1) is 12.6. The summed E-state index contributed by atoms with van der Waals surface area (Å²) in [6.45, 7) is 4.40. The summed E-state index contributed by atoms with van der Waals surface area (Å²) in [5.41, 5.74) is 2.51. The van der Waals surface area contributed by atoms with Gasteiger partial charge in [0.15, 0.2) is 0 Å². The van der Waals surface area contributed by atoms with E-state index in [0.29, 0.717) is 6.54 Å². The highest BCUT2D eigenvalue weighted by Gasteiger charge is 2.42. The molecule has 0 aromatic heterocycles. The zero-order valence-electron chi connectivity index (χ0n) is 15.3. The van der Waals surface area contributed by atoms with Gasteiger partial charge in [-0.05, 0) is 31.5 Å². The lowest BCUT2D eigenvalue weighted by Gasteiger charge is -2.31. The van der Waals surface area contributed by atoms with Crippen molar-refractivity contribution in [1.82, 2.24) is 20.0 Å². The quantitative estimate of drug-likeness (QED) is 0.899. The maximum absolute atomic E-state index is 13.1. The van der Waals surface area contributed by atoms with Gasteiger partial charge in [-0.2, -0.15) is 0 Å². The van der Waals surface area contributed by atoms with Crippen molar-refractivity contribution in [2.45, 2.75) is 25.3 Å². The minimum Gasteiger partial charge on any atom is -0.332 e. The number of carbonyl (C=O) groups excluding carboxylic acids is 2. The number of likely N-dealkylation sites (N-methyl/N-ethyl adjacent to an activating group) is 1. The molecule has 1 saturated heterocycles. The van der Waals surface area contributed by atoms with Gasteiger partial charge in [0.2, 0.25) is 0 Å². The molecule has 1 N–H and O–H groups in total. The van der Waals surface area contributed by atoms with Crippen LogP contribution in [0.15, 0.2) is 41.6 Å². The second-order valence-corrected chi connectivity index (χ2v) is 7.34. The number of nitrogens with zero attached hydrogens (tertiary/aromatic N) is 3. The van der Waals surface area contributed by atoms with Gasteiger partial charge in [0, 0.05) is 20.1 Å². The molecular weight excluding hydrogens is 328 g/mol. The van der Waals surface area contributed by atoms with Gasteiger partial charge in [-0.1, -0.05) is 36.8 Å². The van der Waals surface area contributed by atoms with Crippen LogP contribution in [0.1, 0.15) is 30.9 Å². The molecule has 3 amide bonds. The van der Waals surface area contributed by atoms with Crippen molar-refractivity contribution in [2.75, 3.05) is 39.8 Å². The predicted molar refractivity (Wildman–Crippen MR) is 99.4 cm³/mol. The number of urea groups is 1. The highest BCUT2D eigenvalue weighted by Crippen LogP contribution is 2.35. The average molecular weight is 354 g/mol. The molecule has 0 saturated carbocycles. The smallest absolute Gasteiger partial charge is 0.322 e. The molecule has 1 fully saturated rings. The Labute approximate surface area is 154 Å². The van der Waals surface area contributed by atoms with Crippen LogP contribution in [-0.4, -0.2) is 66.4 Å². The van der Waals surface area contributed by atoms with Crippen LogP contribution < -0.4 is 5.32 Å². The third-order valence-electron chi connectivity index (χ3n) is 5.70. The van der Waals surface area contributed by atoms with Gasteiger partial charge in [-0.15, -0.1) is 0 Å². The number of nitrogens with one attached hydrogen (secondary N) is 1. The minimum atomic E-state index is -0.359. The molecule has 1 aromatic rings. The Morgan fingerprint density at radius 3 is 2.50 bits per heavy atom. The fraction of sp³-hybridized carbons (Fsp3) is 0.500. The number of piperidine rings is 1. The second-order valence-electron chi connectivity index (χ2n) is 7.34. The van der Waals surface area contributed by atoms with E-state index in [0.717, 1.165) is 43.0 Å². The number of hydrogen-bond donors (Lipinski definition) is 1. The summed E-state index contributed by atoms with van der Waals surface area (Å²) in [4.78, 5) is 31.4. The van der Waals surface area contributed by atoms with Crippen molar-refractivity contribution in [3.05, 3.63) is 47.2 Å². The van der Waals surface area contributed by atoms with E-state index < -0.39 is 0 Å². The molecule has 1 aromatic carbocycles. The van der Waals surface area contributed by atoms with E-state index in [9.17, 15) is 9.59 Å². The first kappa shape index (κ1) is 17.1. The summed E-state index contributed by atoms with van der Waals surface area (Å²) in [6.07, 6.45) is 3.81. The Kier molecular flexibility index (Phi) is 4.68. The predicted octanol–water partition coefficient (Wildman–Crippen LogP) is 1.96. The van der Waals surface area contributed by atoms with E-state index >= 15 is 0 Å². The Hall–Kier alpha value is -2.34. The lowest BCUT2D eigenvalue weighted by molar-refractivity contribution is -0.126. The molecule has 3 aliphatic heterocycles. The highest BCUT2D eigenvalue weighted by molar-refractivity contribution is 6.01. The van der Waals surface area contributed by atoms with Gasteiger partial charge in [0.25, 0.3) is 5.91 Å². The van der Waals surface area contributed by atoms with Crippen molar-refractivity contribution in [1.29, 1.82) is 0 Å². The van der Waals surface area contributed by atoms with Gasteiger partial charge in [0.1, 0.15) is 0 Å². The van der Waals surface area contributed by atoms with Crippen molar-refractivity contribution in [3.63, 3.8) is 0 Å². The van der Waals surface area contributed by atoms with Gasteiger partial charge < -0.3 is 15.1 Å². The summed E-state index contributed by atoms with van der Waals surface area (Å²) in [5, 5.41) is 2.98. The average Bonchev–Trinajstić information content (AvgIpc) is 3.01. The topological polar surface area (TPSA) is 55.9 Å². The van der Waals surface area contributed by atoms with Crippen LogP contribution in [0.3, 0.4) is 0 Å². The largest absolute Gasteiger partial charge is 0.332 e. The Morgan fingerprint density at radius 2 is 1.77 bits per heavy atom. The van der Waals surface area contributed by atoms with Gasteiger partial charge in [-0.3, -0.25) is 9.69 Å². The fourth-order valence-electron chi connectivity index (χ4n) is 4.14. The van der Waals surface area contributed by atoms with Crippen LogP contribution in [0.5, 0.6) is 0 Å². The molecule has 3 heterocycles. The molecule has 0 unspecified atom stereocenters. The second kappa shape index (κ2) is 7.11. The van der Waals surface area contributed by atoms with Gasteiger partial charge >= 0.3 is 6.03 Å². The lowest BCUT2D eigenvalue weighted by atomic mass is 9.96. The minimum absolute atomic E-state index is 0.0534. The first-order valence-corrected chi connectivity index (χ1v) is 9.49. The standard InChI is InChI=1S/C20H26N4O2/c1-22-16-14-24(13-12-23-10-6-3-7-11-23)19(25)17(16)18(21-20(22)26)15-8-4-2-5-9-15/h2,4-5,8-9,18H,3,6-7,10-14H2,1H3,(H,21,26)/t18-/m1/s1. The van der Waals surface area contributed by atoms with E-state index in [1.54, 1.807) is 11.9 Å². The molecule has 138 valence electrons. The van der Waals surface area contributed by atoms with Crippen molar-refractivity contribution >= 4 is 11.9 Å². The molecule has 4 rings (SSSR count). The molecule has 0 radical (unpaired) electrons. The number of benzene rings is 1. The lowest BCUT2D eigenvalue weighted by Crippen LogP contribution is -2.45. The van der Waals surface area contributed by atoms with Crippen molar-refractivity contribution in [3.8, 4) is 0 Å². The van der Waals surface area contributed by atoms with E-state index in [-0.39, 0.29) is 18.0 Å². The molecule has 26 heavy (non-hydrogen) atoms. The summed E-state index contributed by atoms with van der Waals surface area (Å²) < 4.78 is 0. The number of rotatable bonds is 4. The number of amides is 3. The van der Waals surface area contributed by atoms with Crippen LogP contribution in [0.4, 0.5) is 4.79 Å². The normalized spacial score (nSPS) is 24.1. The van der Waals surface area contributed by atoms with Crippen LogP contribution in [0.2, 0.25) is 0 Å². The number of likely N-dealkylation sites (tertiary alicyclic amines) is 1. The molecule has 0 bridgehead atoms. The van der Waals surface area contributed by atoms with Crippen LogP contribution in [0.25, 0.3) is 0 Å². The van der Waals surface area contributed by atoms with E-state index in [1.165, 1.54) is 19.3 Å².